The maximum Gasteiger partial charge on any atom is 0.326 e. The summed E-state index contributed by atoms with van der Waals surface area (Å²) in [6.07, 6.45) is 3.72. The predicted octanol–water partition coefficient (Wildman–Crippen LogP) is 3.41. The van der Waals surface area contributed by atoms with E-state index in [1.54, 1.807) is 12.3 Å². The molecule has 2 aromatic heterocycles. The van der Waals surface area contributed by atoms with Crippen molar-refractivity contribution < 1.29 is 23.9 Å². The molecule has 4 rings (SSSR count). The number of imide groups is 1. The highest BCUT2D eigenvalue weighted by molar-refractivity contribution is 7.12. The zero-order valence-electron chi connectivity index (χ0n) is 20.1. The van der Waals surface area contributed by atoms with Gasteiger partial charge in [-0.25, -0.2) is 9.78 Å². The van der Waals surface area contributed by atoms with E-state index in [1.807, 2.05) is 23.8 Å². The number of carbonyl (C=O) groups is 4. The maximum absolute atomic E-state index is 13.2. The van der Waals surface area contributed by atoms with Crippen LogP contribution in [0, 0.1) is 25.2 Å². The smallest absolute Gasteiger partial charge is 0.326 e. The van der Waals surface area contributed by atoms with Gasteiger partial charge in [-0.2, -0.15) is 0 Å². The van der Waals surface area contributed by atoms with Crippen molar-refractivity contribution in [2.75, 3.05) is 13.2 Å². The van der Waals surface area contributed by atoms with Crippen molar-refractivity contribution in [3.8, 4) is 5.13 Å². The van der Waals surface area contributed by atoms with Crippen molar-refractivity contribution in [2.24, 2.45) is 11.3 Å². The Kier molecular flexibility index (Phi) is 6.14. The van der Waals surface area contributed by atoms with Gasteiger partial charge in [0.1, 0.15) is 12.1 Å². The van der Waals surface area contributed by atoms with E-state index in [4.69, 9.17) is 4.74 Å². The number of aromatic nitrogens is 2. The average molecular weight is 487 g/mol. The number of aryl methyl sites for hydroxylation is 1. The summed E-state index contributed by atoms with van der Waals surface area (Å²) >= 11 is 1.45. The van der Waals surface area contributed by atoms with Gasteiger partial charge in [0, 0.05) is 28.5 Å². The standard InChI is InChI=1S/C24H30N4O5S/c1-14-9-23(4,5)13-24(10-14)20(31)27(21(32)26-24)11-19(30)33-12-18(29)17-8-15(2)28(16(17)3)22-25-6-7-34-22/h6-8,14H,9-13H2,1-5H3,(H,26,32). The largest absolute Gasteiger partial charge is 0.456 e. The second-order valence-electron chi connectivity index (χ2n) is 10.3. The number of esters is 1. The molecular formula is C24H30N4O5S. The quantitative estimate of drug-likeness (QED) is 0.381. The molecule has 1 saturated heterocycles. The topological polar surface area (TPSA) is 111 Å². The SMILES string of the molecule is Cc1cc(C(=O)COC(=O)CN2C(=O)NC3(CC(C)CC(C)(C)C3)C2=O)c(C)n1-c1nccs1. The molecule has 2 aliphatic rings. The summed E-state index contributed by atoms with van der Waals surface area (Å²) in [5.74, 6) is -1.29. The van der Waals surface area contributed by atoms with Crippen LogP contribution in [-0.4, -0.2) is 56.8 Å². The summed E-state index contributed by atoms with van der Waals surface area (Å²) in [5, 5.41) is 5.44. The monoisotopic (exact) mass is 486 g/mol. The first-order valence-electron chi connectivity index (χ1n) is 11.3. The third-order valence-corrected chi connectivity index (χ3v) is 7.37. The van der Waals surface area contributed by atoms with Crippen LogP contribution in [0.15, 0.2) is 17.6 Å². The third-order valence-electron chi connectivity index (χ3n) is 6.62. The maximum atomic E-state index is 13.2. The molecule has 9 nitrogen and oxygen atoms in total. The lowest BCUT2D eigenvalue weighted by molar-refractivity contribution is -0.147. The van der Waals surface area contributed by atoms with Crippen molar-refractivity contribution in [3.05, 3.63) is 34.6 Å². The molecule has 0 bridgehead atoms. The van der Waals surface area contributed by atoms with Crippen LogP contribution in [0.5, 0.6) is 0 Å². The number of hydrogen-bond acceptors (Lipinski definition) is 7. The highest BCUT2D eigenvalue weighted by atomic mass is 32.1. The van der Waals surface area contributed by atoms with Gasteiger partial charge >= 0.3 is 12.0 Å². The van der Waals surface area contributed by atoms with Crippen molar-refractivity contribution in [1.29, 1.82) is 0 Å². The first kappa shape index (κ1) is 24.1. The molecule has 2 unspecified atom stereocenters. The zero-order chi connectivity index (χ0) is 24.8. The summed E-state index contributed by atoms with van der Waals surface area (Å²) in [5.41, 5.74) is 0.902. The fourth-order valence-electron chi connectivity index (χ4n) is 5.71. The minimum Gasteiger partial charge on any atom is -0.456 e. The summed E-state index contributed by atoms with van der Waals surface area (Å²) in [4.78, 5) is 56.2. The summed E-state index contributed by atoms with van der Waals surface area (Å²) < 4.78 is 7.04. The van der Waals surface area contributed by atoms with E-state index in [1.165, 1.54) is 11.3 Å². The number of nitrogens with zero attached hydrogens (tertiary/aromatic N) is 3. The molecule has 1 N–H and O–H groups in total. The first-order valence-corrected chi connectivity index (χ1v) is 12.2. The Morgan fingerprint density at radius 3 is 2.65 bits per heavy atom. The van der Waals surface area contributed by atoms with Gasteiger partial charge in [0.05, 0.1) is 0 Å². The molecule has 1 spiro atoms. The number of hydrogen-bond donors (Lipinski definition) is 1. The molecule has 2 fully saturated rings. The Balaban J connectivity index is 1.39. The fourth-order valence-corrected chi connectivity index (χ4v) is 6.47. The first-order chi connectivity index (χ1) is 15.9. The number of nitrogens with one attached hydrogen (secondary N) is 1. The Morgan fingerprint density at radius 2 is 2.00 bits per heavy atom. The number of ketones is 1. The van der Waals surface area contributed by atoms with Crippen LogP contribution in [0.4, 0.5) is 4.79 Å². The van der Waals surface area contributed by atoms with Crippen LogP contribution in [0.1, 0.15) is 61.8 Å². The Labute approximate surface area is 202 Å². The van der Waals surface area contributed by atoms with Crippen molar-refractivity contribution >= 4 is 35.0 Å². The molecule has 10 heteroatoms. The lowest BCUT2D eigenvalue weighted by Crippen LogP contribution is -2.54. The molecule has 2 atom stereocenters. The number of rotatable bonds is 6. The molecule has 2 aromatic rings. The van der Waals surface area contributed by atoms with Gasteiger partial charge in [0.15, 0.2) is 11.7 Å². The number of thiazole rings is 1. The summed E-state index contributed by atoms with van der Waals surface area (Å²) in [6, 6.07) is 1.14. The number of Topliss-reactive ketones (excluding diaryl/α,β-unsaturated/α-hetero) is 1. The molecule has 0 radical (unpaired) electrons. The number of amides is 3. The molecule has 3 amide bonds. The van der Waals surface area contributed by atoms with Gasteiger partial charge in [-0.15, -0.1) is 11.3 Å². The molecule has 34 heavy (non-hydrogen) atoms. The van der Waals surface area contributed by atoms with E-state index in [0.29, 0.717) is 24.1 Å². The molecule has 3 heterocycles. The Hall–Kier alpha value is -3.01. The van der Waals surface area contributed by atoms with E-state index >= 15 is 0 Å². The van der Waals surface area contributed by atoms with Gasteiger partial charge in [-0.3, -0.25) is 23.9 Å². The Bertz CT molecular complexity index is 1150. The van der Waals surface area contributed by atoms with E-state index in [0.717, 1.165) is 22.1 Å². The van der Waals surface area contributed by atoms with Crippen LogP contribution >= 0.6 is 11.3 Å². The lowest BCUT2D eigenvalue weighted by Gasteiger charge is -2.43. The van der Waals surface area contributed by atoms with Gasteiger partial charge in [0.25, 0.3) is 5.91 Å². The lowest BCUT2D eigenvalue weighted by atomic mass is 9.64. The fraction of sp³-hybridized carbons (Fsp3) is 0.542. The molecule has 182 valence electrons. The molecular weight excluding hydrogens is 456 g/mol. The van der Waals surface area contributed by atoms with E-state index in [9.17, 15) is 19.2 Å². The molecule has 1 aliphatic heterocycles. The van der Waals surface area contributed by atoms with Crippen molar-refractivity contribution in [1.82, 2.24) is 19.8 Å². The van der Waals surface area contributed by atoms with Crippen LogP contribution in [0.2, 0.25) is 0 Å². The normalized spacial score (nSPS) is 23.9. The molecule has 0 aromatic carbocycles. The summed E-state index contributed by atoms with van der Waals surface area (Å²) in [7, 11) is 0. The van der Waals surface area contributed by atoms with Crippen molar-refractivity contribution in [2.45, 2.75) is 59.4 Å². The van der Waals surface area contributed by atoms with Crippen molar-refractivity contribution in [3.63, 3.8) is 0 Å². The van der Waals surface area contributed by atoms with Gasteiger partial charge < -0.3 is 10.1 Å². The number of carbonyl (C=O) groups excluding carboxylic acids is 4. The summed E-state index contributed by atoms with van der Waals surface area (Å²) in [6.45, 7) is 8.92. The highest BCUT2D eigenvalue weighted by Crippen LogP contribution is 2.46. The van der Waals surface area contributed by atoms with Crippen LogP contribution < -0.4 is 5.32 Å². The number of urea groups is 1. The highest BCUT2D eigenvalue weighted by Gasteiger charge is 2.56. The Morgan fingerprint density at radius 1 is 1.26 bits per heavy atom. The van der Waals surface area contributed by atoms with Gasteiger partial charge in [0.2, 0.25) is 5.78 Å². The predicted molar refractivity (Wildman–Crippen MR) is 126 cm³/mol. The minimum absolute atomic E-state index is 0.103. The van der Waals surface area contributed by atoms with Crippen LogP contribution in [0.3, 0.4) is 0 Å². The third kappa shape index (κ3) is 4.38. The van der Waals surface area contributed by atoms with Crippen LogP contribution in [0.25, 0.3) is 5.13 Å². The number of ether oxygens (including phenoxy) is 1. The second kappa shape index (κ2) is 8.65. The zero-order valence-corrected chi connectivity index (χ0v) is 21.0. The molecule has 1 aliphatic carbocycles. The van der Waals surface area contributed by atoms with E-state index in [2.05, 4.69) is 31.1 Å². The van der Waals surface area contributed by atoms with Gasteiger partial charge in [-0.05, 0) is 50.5 Å². The van der Waals surface area contributed by atoms with E-state index < -0.39 is 36.6 Å². The average Bonchev–Trinajstić information content (AvgIpc) is 3.39. The minimum atomic E-state index is -0.984. The second-order valence-corrected chi connectivity index (χ2v) is 11.1. The van der Waals surface area contributed by atoms with E-state index in [-0.39, 0.29) is 17.1 Å². The van der Waals surface area contributed by atoms with Gasteiger partial charge in [-0.1, -0.05) is 20.8 Å². The molecule has 1 saturated carbocycles. The van der Waals surface area contributed by atoms with Crippen LogP contribution in [-0.2, 0) is 14.3 Å².